The molecule has 0 aliphatic carbocycles. The van der Waals surface area contributed by atoms with Gasteiger partial charge in [0.2, 0.25) is 0 Å². The van der Waals surface area contributed by atoms with Crippen LogP contribution in [0.1, 0.15) is 28.3 Å². The van der Waals surface area contributed by atoms with Crippen LogP contribution >= 0.6 is 0 Å². The van der Waals surface area contributed by atoms with Gasteiger partial charge in [-0.3, -0.25) is 0 Å². The smallest absolute Gasteiger partial charge is 0.110 e. The zero-order valence-electron chi connectivity index (χ0n) is 11.2. The van der Waals surface area contributed by atoms with Crippen LogP contribution in [0.2, 0.25) is 0 Å². The Kier molecular flexibility index (Phi) is 2.71. The lowest BCUT2D eigenvalue weighted by atomic mass is 10.0. The SMILES string of the molecule is Cc1nc(C)n(-c2ccc3c(c2)CNCC3)c1C. The van der Waals surface area contributed by atoms with Crippen LogP contribution in [0, 0.1) is 20.8 Å². The van der Waals surface area contributed by atoms with Crippen LogP contribution in [0.15, 0.2) is 18.2 Å². The van der Waals surface area contributed by atoms with Crippen molar-refractivity contribution in [2.45, 2.75) is 33.7 Å². The van der Waals surface area contributed by atoms with Gasteiger partial charge in [-0.05, 0) is 57.0 Å². The van der Waals surface area contributed by atoms with Crippen LogP contribution < -0.4 is 5.32 Å². The molecule has 1 aliphatic heterocycles. The fourth-order valence-electron chi connectivity index (χ4n) is 2.76. The molecule has 0 amide bonds. The summed E-state index contributed by atoms with van der Waals surface area (Å²) in [6.07, 6.45) is 1.14. The maximum atomic E-state index is 4.55. The average Bonchev–Trinajstić information content (AvgIpc) is 2.63. The summed E-state index contributed by atoms with van der Waals surface area (Å²) < 4.78 is 2.24. The predicted molar refractivity (Wildman–Crippen MR) is 73.2 cm³/mol. The van der Waals surface area contributed by atoms with Gasteiger partial charge >= 0.3 is 0 Å². The number of imidazole rings is 1. The maximum Gasteiger partial charge on any atom is 0.110 e. The Morgan fingerprint density at radius 1 is 1.17 bits per heavy atom. The second kappa shape index (κ2) is 4.25. The Bertz CT molecular complexity index is 596. The van der Waals surface area contributed by atoms with Crippen molar-refractivity contribution >= 4 is 0 Å². The van der Waals surface area contributed by atoms with Gasteiger partial charge in [-0.25, -0.2) is 4.98 Å². The van der Waals surface area contributed by atoms with E-state index in [1.807, 2.05) is 0 Å². The summed E-state index contributed by atoms with van der Waals surface area (Å²) in [6, 6.07) is 6.77. The molecule has 0 saturated carbocycles. The predicted octanol–water partition coefficient (Wildman–Crippen LogP) is 2.44. The quantitative estimate of drug-likeness (QED) is 0.831. The van der Waals surface area contributed by atoms with Gasteiger partial charge in [-0.15, -0.1) is 0 Å². The van der Waals surface area contributed by atoms with Crippen LogP contribution in [-0.2, 0) is 13.0 Å². The summed E-state index contributed by atoms with van der Waals surface area (Å²) in [4.78, 5) is 4.55. The van der Waals surface area contributed by atoms with Gasteiger partial charge in [0, 0.05) is 17.9 Å². The third-order valence-corrected chi connectivity index (χ3v) is 3.85. The van der Waals surface area contributed by atoms with Gasteiger partial charge in [-0.1, -0.05) is 6.07 Å². The third kappa shape index (κ3) is 1.75. The summed E-state index contributed by atoms with van der Waals surface area (Å²) in [5, 5.41) is 3.43. The van der Waals surface area contributed by atoms with Crippen LogP contribution in [-0.4, -0.2) is 16.1 Å². The fourth-order valence-corrected chi connectivity index (χ4v) is 2.76. The maximum absolute atomic E-state index is 4.55. The van der Waals surface area contributed by atoms with E-state index in [1.54, 1.807) is 0 Å². The number of aryl methyl sites for hydroxylation is 2. The Balaban J connectivity index is 2.12. The lowest BCUT2D eigenvalue weighted by Gasteiger charge is -2.19. The number of nitrogens with one attached hydrogen (secondary N) is 1. The van der Waals surface area contributed by atoms with E-state index in [4.69, 9.17) is 0 Å². The number of benzene rings is 1. The highest BCUT2D eigenvalue weighted by atomic mass is 15.1. The second-order valence-corrected chi connectivity index (χ2v) is 5.05. The number of hydrogen-bond donors (Lipinski definition) is 1. The van der Waals surface area contributed by atoms with E-state index < -0.39 is 0 Å². The van der Waals surface area contributed by atoms with Crippen LogP contribution in [0.3, 0.4) is 0 Å². The molecule has 0 saturated heterocycles. The number of nitrogens with zero attached hydrogens (tertiary/aromatic N) is 2. The first kappa shape index (κ1) is 11.5. The second-order valence-electron chi connectivity index (χ2n) is 5.05. The highest BCUT2D eigenvalue weighted by molar-refractivity contribution is 5.44. The summed E-state index contributed by atoms with van der Waals surface area (Å²) in [5.41, 5.74) is 6.47. The first-order valence-corrected chi connectivity index (χ1v) is 6.52. The molecular weight excluding hydrogens is 222 g/mol. The average molecular weight is 241 g/mol. The topological polar surface area (TPSA) is 29.9 Å². The zero-order chi connectivity index (χ0) is 12.7. The molecule has 94 valence electrons. The molecule has 3 nitrogen and oxygen atoms in total. The van der Waals surface area contributed by atoms with Gasteiger partial charge in [0.05, 0.1) is 5.69 Å². The molecule has 0 atom stereocenters. The molecule has 2 heterocycles. The van der Waals surface area contributed by atoms with Crippen LogP contribution in [0.5, 0.6) is 0 Å². The first-order chi connectivity index (χ1) is 8.66. The fraction of sp³-hybridized carbons (Fsp3) is 0.400. The number of fused-ring (bicyclic) bond motifs is 1. The van der Waals surface area contributed by atoms with E-state index in [2.05, 4.69) is 53.8 Å². The Morgan fingerprint density at radius 2 is 2.00 bits per heavy atom. The van der Waals surface area contributed by atoms with Crippen molar-refractivity contribution < 1.29 is 0 Å². The first-order valence-electron chi connectivity index (χ1n) is 6.52. The normalized spacial score (nSPS) is 14.6. The van der Waals surface area contributed by atoms with Gasteiger partial charge in [0.15, 0.2) is 0 Å². The van der Waals surface area contributed by atoms with Gasteiger partial charge < -0.3 is 9.88 Å². The molecule has 0 bridgehead atoms. The van der Waals surface area contributed by atoms with E-state index in [-0.39, 0.29) is 0 Å². The molecule has 0 unspecified atom stereocenters. The molecule has 0 radical (unpaired) electrons. The van der Waals surface area contributed by atoms with Gasteiger partial charge in [-0.2, -0.15) is 0 Å². The van der Waals surface area contributed by atoms with E-state index in [1.165, 1.54) is 22.5 Å². The minimum atomic E-state index is 0.981. The molecule has 18 heavy (non-hydrogen) atoms. The van der Waals surface area contributed by atoms with Crippen molar-refractivity contribution in [3.8, 4) is 5.69 Å². The summed E-state index contributed by atoms with van der Waals surface area (Å²) in [6.45, 7) is 8.34. The van der Waals surface area contributed by atoms with E-state index in [9.17, 15) is 0 Å². The van der Waals surface area contributed by atoms with Crippen molar-refractivity contribution in [2.75, 3.05) is 6.54 Å². The Hall–Kier alpha value is -1.61. The minimum Gasteiger partial charge on any atom is -0.312 e. The Morgan fingerprint density at radius 3 is 2.72 bits per heavy atom. The van der Waals surface area contributed by atoms with Gasteiger partial charge in [0.1, 0.15) is 5.82 Å². The van der Waals surface area contributed by atoms with Crippen molar-refractivity contribution in [3.05, 3.63) is 46.5 Å². The van der Waals surface area contributed by atoms with Gasteiger partial charge in [0.25, 0.3) is 0 Å². The van der Waals surface area contributed by atoms with Crippen molar-refractivity contribution in [1.29, 1.82) is 0 Å². The number of hydrogen-bond acceptors (Lipinski definition) is 2. The minimum absolute atomic E-state index is 0.981. The monoisotopic (exact) mass is 241 g/mol. The highest BCUT2D eigenvalue weighted by Gasteiger charge is 2.13. The summed E-state index contributed by atoms with van der Waals surface area (Å²) in [5.74, 6) is 1.06. The Labute approximate surface area is 108 Å². The van der Waals surface area contributed by atoms with Crippen molar-refractivity contribution in [2.24, 2.45) is 0 Å². The molecular formula is C15H19N3. The molecule has 0 fully saturated rings. The molecule has 1 aromatic heterocycles. The molecule has 2 aromatic rings. The van der Waals surface area contributed by atoms with Crippen LogP contribution in [0.25, 0.3) is 5.69 Å². The van der Waals surface area contributed by atoms with E-state index in [0.29, 0.717) is 0 Å². The molecule has 0 spiro atoms. The lowest BCUT2D eigenvalue weighted by molar-refractivity contribution is 0.643. The summed E-state index contributed by atoms with van der Waals surface area (Å²) >= 11 is 0. The van der Waals surface area contributed by atoms with E-state index in [0.717, 1.165) is 31.0 Å². The molecule has 1 N–H and O–H groups in total. The molecule has 3 heteroatoms. The number of aromatic nitrogens is 2. The molecule has 1 aliphatic rings. The largest absolute Gasteiger partial charge is 0.312 e. The standard InChI is InChI=1S/C15H19N3/c1-10-11(2)18(12(3)17-10)15-5-4-13-6-7-16-9-14(13)8-15/h4-5,8,16H,6-7,9H2,1-3H3. The van der Waals surface area contributed by atoms with Crippen LogP contribution in [0.4, 0.5) is 0 Å². The molecule has 1 aromatic carbocycles. The summed E-state index contributed by atoms with van der Waals surface area (Å²) in [7, 11) is 0. The highest BCUT2D eigenvalue weighted by Crippen LogP contribution is 2.22. The van der Waals surface area contributed by atoms with Crippen molar-refractivity contribution in [1.82, 2.24) is 14.9 Å². The zero-order valence-corrected chi connectivity index (χ0v) is 11.2. The van der Waals surface area contributed by atoms with Crippen molar-refractivity contribution in [3.63, 3.8) is 0 Å². The number of rotatable bonds is 1. The van der Waals surface area contributed by atoms with E-state index >= 15 is 0 Å². The third-order valence-electron chi connectivity index (χ3n) is 3.85. The lowest BCUT2D eigenvalue weighted by Crippen LogP contribution is -2.23. The molecule has 3 rings (SSSR count).